The van der Waals surface area contributed by atoms with Crippen LogP contribution in [0.2, 0.25) is 0 Å². The third kappa shape index (κ3) is 6.81. The summed E-state index contributed by atoms with van der Waals surface area (Å²) in [5.74, 6) is 1.87. The average Bonchev–Trinajstić information content (AvgIpc) is 3.83. The molecule has 0 unspecified atom stereocenters. The highest BCUT2D eigenvalue weighted by atomic mass is 32.1. The Bertz CT molecular complexity index is 3640. The Morgan fingerprint density at radius 2 is 0.667 bits per heavy atom. The van der Waals surface area contributed by atoms with E-state index in [1.54, 1.807) is 11.3 Å². The van der Waals surface area contributed by atoms with E-state index in [1.807, 2.05) is 6.07 Å². The number of fused-ring (bicyclic) bond motifs is 7. The van der Waals surface area contributed by atoms with Gasteiger partial charge in [-0.15, -0.1) is 11.3 Å². The van der Waals surface area contributed by atoms with Gasteiger partial charge in [0.25, 0.3) is 0 Å². The van der Waals surface area contributed by atoms with E-state index < -0.39 is 0 Å². The lowest BCUT2D eigenvalue weighted by atomic mass is 9.96. The zero-order valence-electron chi connectivity index (χ0n) is 34.0. The molecule has 0 amide bonds. The first kappa shape index (κ1) is 36.7. The Kier molecular flexibility index (Phi) is 8.98. The minimum absolute atomic E-state index is 0.620. The average molecular weight is 821 g/mol. The molecule has 0 saturated heterocycles. The Hall–Kier alpha value is -8.12. The maximum atomic E-state index is 5.26. The first-order chi connectivity index (χ1) is 31.2. The van der Waals surface area contributed by atoms with Crippen LogP contribution in [-0.4, -0.2) is 19.9 Å². The van der Waals surface area contributed by atoms with E-state index in [0.29, 0.717) is 17.5 Å². The van der Waals surface area contributed by atoms with E-state index in [-0.39, 0.29) is 0 Å². The van der Waals surface area contributed by atoms with Gasteiger partial charge in [-0.25, -0.2) is 19.9 Å². The van der Waals surface area contributed by atoms with Crippen LogP contribution in [0.4, 0.5) is 0 Å². The highest BCUT2D eigenvalue weighted by Crippen LogP contribution is 2.42. The van der Waals surface area contributed by atoms with Crippen molar-refractivity contribution >= 4 is 53.9 Å². The molecule has 4 nitrogen and oxygen atoms in total. The quantitative estimate of drug-likeness (QED) is 0.150. The van der Waals surface area contributed by atoms with E-state index >= 15 is 0 Å². The van der Waals surface area contributed by atoms with Gasteiger partial charge in [-0.3, -0.25) is 0 Å². The largest absolute Gasteiger partial charge is 0.235 e. The summed E-state index contributed by atoms with van der Waals surface area (Å²) < 4.78 is 1.21. The number of nitrogens with zero attached hydrogens (tertiary/aromatic N) is 4. The highest BCUT2D eigenvalue weighted by molar-refractivity contribution is 7.22. The predicted molar refractivity (Wildman–Crippen MR) is 264 cm³/mol. The van der Waals surface area contributed by atoms with Crippen molar-refractivity contribution in [1.29, 1.82) is 0 Å². The fourth-order valence-corrected chi connectivity index (χ4v) is 9.78. The first-order valence-electron chi connectivity index (χ1n) is 21.1. The van der Waals surface area contributed by atoms with Gasteiger partial charge in [0.15, 0.2) is 17.5 Å². The minimum atomic E-state index is 0.620. The van der Waals surface area contributed by atoms with Crippen LogP contribution in [-0.2, 0) is 0 Å². The molecule has 294 valence electrons. The standard InChI is InChI=1S/C58H36N4S/c1-3-11-37(12-4-1)39-19-26-42(27-20-39)55-60-56(43-28-21-40(22-29-43)47-32-25-38-13-7-8-16-46(38)35-47)62-57(61-55)44-30-23-41(24-31-44)48-33-34-50-49-17-9-10-18-51(49)54-53(52(50)36-48)59-58(63-54)45-14-5-2-6-15-45/h1-36H. The zero-order valence-corrected chi connectivity index (χ0v) is 34.8. The van der Waals surface area contributed by atoms with Crippen LogP contribution in [0, 0.1) is 0 Å². The molecule has 0 atom stereocenters. The number of hydrogen-bond acceptors (Lipinski definition) is 5. The smallest absolute Gasteiger partial charge is 0.164 e. The lowest BCUT2D eigenvalue weighted by Crippen LogP contribution is -2.00. The van der Waals surface area contributed by atoms with Gasteiger partial charge in [0.05, 0.1) is 10.2 Å². The summed E-state index contributed by atoms with van der Waals surface area (Å²) in [4.78, 5) is 20.6. The molecule has 0 bridgehead atoms. The van der Waals surface area contributed by atoms with E-state index in [4.69, 9.17) is 19.9 Å². The maximum Gasteiger partial charge on any atom is 0.164 e. The summed E-state index contributed by atoms with van der Waals surface area (Å²) in [6, 6.07) is 77.0. The molecule has 63 heavy (non-hydrogen) atoms. The van der Waals surface area contributed by atoms with Gasteiger partial charge in [-0.05, 0) is 67.1 Å². The van der Waals surface area contributed by atoms with Crippen LogP contribution in [0.5, 0.6) is 0 Å². The monoisotopic (exact) mass is 820 g/mol. The van der Waals surface area contributed by atoms with Gasteiger partial charge in [0.2, 0.25) is 0 Å². The van der Waals surface area contributed by atoms with E-state index in [9.17, 15) is 0 Å². The molecule has 0 fully saturated rings. The van der Waals surface area contributed by atoms with E-state index in [1.165, 1.54) is 42.8 Å². The van der Waals surface area contributed by atoms with Crippen molar-refractivity contribution in [3.05, 3.63) is 218 Å². The molecular weight excluding hydrogens is 785 g/mol. The molecular formula is C58H36N4S. The SMILES string of the molecule is c1ccc(-c2ccc(-c3nc(-c4ccc(-c5ccc6ccccc6c5)cc4)nc(-c4ccc(-c5ccc6c7ccccc7c7sc(-c8ccccc8)nc7c6c5)cc4)n3)cc2)cc1. The molecule has 2 aromatic heterocycles. The number of aromatic nitrogens is 4. The molecule has 0 radical (unpaired) electrons. The fraction of sp³-hybridized carbons (Fsp3) is 0. The topological polar surface area (TPSA) is 51.6 Å². The van der Waals surface area contributed by atoms with Gasteiger partial charge < -0.3 is 0 Å². The molecule has 10 aromatic carbocycles. The molecule has 5 heteroatoms. The number of benzene rings is 10. The second-order valence-electron chi connectivity index (χ2n) is 15.8. The van der Waals surface area contributed by atoms with Crippen molar-refractivity contribution < 1.29 is 0 Å². The minimum Gasteiger partial charge on any atom is -0.235 e. The van der Waals surface area contributed by atoms with Gasteiger partial charge in [-0.2, -0.15) is 0 Å². The Morgan fingerprint density at radius 3 is 1.27 bits per heavy atom. The first-order valence-corrected chi connectivity index (χ1v) is 21.9. The molecule has 0 aliphatic carbocycles. The van der Waals surface area contributed by atoms with Crippen molar-refractivity contribution in [2.45, 2.75) is 0 Å². The summed E-state index contributed by atoms with van der Waals surface area (Å²) in [6.45, 7) is 0. The summed E-state index contributed by atoms with van der Waals surface area (Å²) >= 11 is 1.76. The lowest BCUT2D eigenvalue weighted by Gasteiger charge is -2.11. The highest BCUT2D eigenvalue weighted by Gasteiger charge is 2.17. The van der Waals surface area contributed by atoms with Crippen LogP contribution in [0.1, 0.15) is 0 Å². The van der Waals surface area contributed by atoms with Crippen LogP contribution in [0.15, 0.2) is 218 Å². The molecule has 12 aromatic rings. The lowest BCUT2D eigenvalue weighted by molar-refractivity contribution is 1.07. The molecule has 0 aliphatic rings. The predicted octanol–water partition coefficient (Wildman–Crippen LogP) is 15.6. The number of hydrogen-bond donors (Lipinski definition) is 0. The molecule has 0 spiro atoms. The van der Waals surface area contributed by atoms with Crippen LogP contribution >= 0.6 is 11.3 Å². The third-order valence-corrected chi connectivity index (χ3v) is 13.1. The van der Waals surface area contributed by atoms with Gasteiger partial charge in [-0.1, -0.05) is 206 Å². The summed E-state index contributed by atoms with van der Waals surface area (Å²) in [6.07, 6.45) is 0. The van der Waals surface area contributed by atoms with Crippen molar-refractivity contribution in [3.8, 4) is 78.1 Å². The number of thiazole rings is 1. The van der Waals surface area contributed by atoms with Crippen molar-refractivity contribution in [3.63, 3.8) is 0 Å². The maximum absolute atomic E-state index is 5.26. The number of rotatable bonds is 7. The fourth-order valence-electron chi connectivity index (χ4n) is 8.66. The molecule has 0 N–H and O–H groups in total. The molecule has 0 aliphatic heterocycles. The Balaban J connectivity index is 0.928. The Morgan fingerprint density at radius 1 is 0.254 bits per heavy atom. The normalized spacial score (nSPS) is 11.5. The van der Waals surface area contributed by atoms with Crippen LogP contribution < -0.4 is 0 Å². The van der Waals surface area contributed by atoms with Crippen LogP contribution in [0.25, 0.3) is 121 Å². The van der Waals surface area contributed by atoms with Gasteiger partial charge >= 0.3 is 0 Å². The van der Waals surface area contributed by atoms with Gasteiger partial charge in [0, 0.05) is 33.0 Å². The van der Waals surface area contributed by atoms with Crippen molar-refractivity contribution in [2.75, 3.05) is 0 Å². The third-order valence-electron chi connectivity index (χ3n) is 12.0. The second-order valence-corrected chi connectivity index (χ2v) is 16.8. The van der Waals surface area contributed by atoms with E-state index in [0.717, 1.165) is 60.4 Å². The van der Waals surface area contributed by atoms with Gasteiger partial charge in [0.1, 0.15) is 5.01 Å². The Labute approximate surface area is 368 Å². The summed E-state index contributed by atoms with van der Waals surface area (Å²) in [5, 5.41) is 8.32. The van der Waals surface area contributed by atoms with Crippen molar-refractivity contribution in [1.82, 2.24) is 19.9 Å². The zero-order chi connectivity index (χ0) is 41.7. The van der Waals surface area contributed by atoms with Crippen molar-refractivity contribution in [2.24, 2.45) is 0 Å². The summed E-state index contributed by atoms with van der Waals surface area (Å²) in [7, 11) is 0. The van der Waals surface area contributed by atoms with E-state index in [2.05, 4.69) is 212 Å². The summed E-state index contributed by atoms with van der Waals surface area (Å²) in [5.41, 5.74) is 11.8. The van der Waals surface area contributed by atoms with Crippen LogP contribution in [0.3, 0.4) is 0 Å². The molecule has 0 saturated carbocycles. The molecule has 2 heterocycles. The molecule has 12 rings (SSSR count). The second kappa shape index (κ2) is 15.4.